The van der Waals surface area contributed by atoms with Crippen molar-refractivity contribution in [3.63, 3.8) is 0 Å². The van der Waals surface area contributed by atoms with E-state index in [1.165, 1.54) is 34.9 Å². The first-order chi connectivity index (χ1) is 12.9. The molecular formula is C18H16ClN3O4S. The third kappa shape index (κ3) is 4.93. The number of hydrogen-bond acceptors (Lipinski definition) is 6. The third-order valence-corrected chi connectivity index (χ3v) is 4.90. The molecule has 1 amide bonds. The van der Waals surface area contributed by atoms with Gasteiger partial charge in [0.2, 0.25) is 5.91 Å². The van der Waals surface area contributed by atoms with Crippen LogP contribution in [-0.2, 0) is 20.9 Å². The average Bonchev–Trinajstić information content (AvgIpc) is 3.14. The molecule has 0 aliphatic carbocycles. The van der Waals surface area contributed by atoms with Crippen molar-refractivity contribution in [1.82, 2.24) is 14.7 Å². The SMILES string of the molecule is CC(=O)NC(CC(=O)OCc1cc(=O)n2cc(Cl)ccc2n1)c1cccs1. The van der Waals surface area contributed by atoms with Crippen molar-refractivity contribution in [3.05, 3.63) is 67.9 Å². The summed E-state index contributed by atoms with van der Waals surface area (Å²) in [5.41, 5.74) is 0.429. The van der Waals surface area contributed by atoms with E-state index in [2.05, 4.69) is 10.3 Å². The fourth-order valence-corrected chi connectivity index (χ4v) is 3.48. The summed E-state index contributed by atoms with van der Waals surface area (Å²) < 4.78 is 6.56. The number of pyridine rings is 1. The van der Waals surface area contributed by atoms with Gasteiger partial charge in [-0.3, -0.25) is 18.8 Å². The van der Waals surface area contributed by atoms with Crippen molar-refractivity contribution in [3.8, 4) is 0 Å². The van der Waals surface area contributed by atoms with Crippen LogP contribution in [0.3, 0.4) is 0 Å². The van der Waals surface area contributed by atoms with Crippen LogP contribution in [0.2, 0.25) is 5.02 Å². The highest BCUT2D eigenvalue weighted by Crippen LogP contribution is 2.22. The molecule has 3 aromatic rings. The number of carbonyl (C=O) groups is 2. The molecule has 3 aromatic heterocycles. The molecule has 3 heterocycles. The van der Waals surface area contributed by atoms with E-state index in [9.17, 15) is 14.4 Å². The summed E-state index contributed by atoms with van der Waals surface area (Å²) in [4.78, 5) is 40.9. The van der Waals surface area contributed by atoms with E-state index in [1.807, 2.05) is 17.5 Å². The molecule has 0 bridgehead atoms. The predicted molar refractivity (Wildman–Crippen MR) is 102 cm³/mol. The largest absolute Gasteiger partial charge is 0.459 e. The Labute approximate surface area is 163 Å². The Morgan fingerprint density at radius 2 is 2.19 bits per heavy atom. The van der Waals surface area contributed by atoms with Gasteiger partial charge in [0.1, 0.15) is 12.3 Å². The van der Waals surface area contributed by atoms with Gasteiger partial charge in [-0.25, -0.2) is 4.98 Å². The lowest BCUT2D eigenvalue weighted by molar-refractivity contribution is -0.145. The number of hydrogen-bond donors (Lipinski definition) is 1. The van der Waals surface area contributed by atoms with Gasteiger partial charge in [0, 0.05) is 24.1 Å². The zero-order valence-corrected chi connectivity index (χ0v) is 15.9. The number of halogens is 1. The third-order valence-electron chi connectivity index (χ3n) is 3.69. The minimum absolute atomic E-state index is 0.0116. The highest BCUT2D eigenvalue weighted by atomic mass is 35.5. The summed E-state index contributed by atoms with van der Waals surface area (Å²) in [5, 5.41) is 5.03. The van der Waals surface area contributed by atoms with Crippen molar-refractivity contribution in [2.24, 2.45) is 0 Å². The van der Waals surface area contributed by atoms with E-state index >= 15 is 0 Å². The van der Waals surface area contributed by atoms with E-state index in [4.69, 9.17) is 16.3 Å². The molecule has 0 saturated heterocycles. The quantitative estimate of drug-likeness (QED) is 0.637. The first-order valence-electron chi connectivity index (χ1n) is 8.06. The molecule has 9 heteroatoms. The Kier molecular flexibility index (Phi) is 5.88. The van der Waals surface area contributed by atoms with Gasteiger partial charge in [-0.05, 0) is 23.6 Å². The molecule has 1 atom stereocenters. The van der Waals surface area contributed by atoms with E-state index in [0.717, 1.165) is 4.88 Å². The topological polar surface area (TPSA) is 89.8 Å². The van der Waals surface area contributed by atoms with Crippen LogP contribution in [-0.4, -0.2) is 21.3 Å². The number of fused-ring (bicyclic) bond motifs is 1. The van der Waals surface area contributed by atoms with Crippen molar-refractivity contribution in [2.45, 2.75) is 26.0 Å². The van der Waals surface area contributed by atoms with Gasteiger partial charge < -0.3 is 10.1 Å². The molecule has 0 aromatic carbocycles. The number of aromatic nitrogens is 2. The van der Waals surface area contributed by atoms with Gasteiger partial charge in [-0.1, -0.05) is 17.7 Å². The minimum Gasteiger partial charge on any atom is -0.459 e. The number of ether oxygens (including phenoxy) is 1. The van der Waals surface area contributed by atoms with Crippen LogP contribution >= 0.6 is 22.9 Å². The highest BCUT2D eigenvalue weighted by molar-refractivity contribution is 7.10. The van der Waals surface area contributed by atoms with Gasteiger partial charge in [0.25, 0.3) is 5.56 Å². The first-order valence-corrected chi connectivity index (χ1v) is 9.32. The zero-order valence-electron chi connectivity index (χ0n) is 14.3. The van der Waals surface area contributed by atoms with Gasteiger partial charge in [-0.15, -0.1) is 11.3 Å². The Bertz CT molecular complexity index is 1030. The lowest BCUT2D eigenvalue weighted by atomic mass is 10.1. The summed E-state index contributed by atoms with van der Waals surface area (Å²) in [6.45, 7) is 1.26. The van der Waals surface area contributed by atoms with Gasteiger partial charge in [0.05, 0.1) is 23.2 Å². The second kappa shape index (κ2) is 8.32. The second-order valence-electron chi connectivity index (χ2n) is 5.79. The molecule has 3 rings (SSSR count). The Balaban J connectivity index is 1.68. The van der Waals surface area contributed by atoms with Crippen molar-refractivity contribution in [1.29, 1.82) is 0 Å². The fraction of sp³-hybridized carbons (Fsp3) is 0.222. The van der Waals surface area contributed by atoms with E-state index in [0.29, 0.717) is 16.4 Å². The van der Waals surface area contributed by atoms with Crippen LogP contribution in [0.25, 0.3) is 5.65 Å². The summed E-state index contributed by atoms with van der Waals surface area (Å²) >= 11 is 7.32. The number of esters is 1. The maximum atomic E-state index is 12.2. The standard InChI is InChI=1S/C18H16ClN3O4S/c1-11(23)20-14(15-3-2-6-27-15)8-18(25)26-10-13-7-17(24)22-9-12(19)4-5-16(22)21-13/h2-7,9,14H,8,10H2,1H3,(H,20,23). The number of thiophene rings is 1. The van der Waals surface area contributed by atoms with Crippen LogP contribution in [0.1, 0.15) is 30.0 Å². The number of nitrogens with zero attached hydrogens (tertiary/aromatic N) is 2. The summed E-state index contributed by atoms with van der Waals surface area (Å²) in [6.07, 6.45) is 1.46. The molecule has 0 saturated carbocycles. The zero-order chi connectivity index (χ0) is 19.4. The molecule has 140 valence electrons. The van der Waals surface area contributed by atoms with Gasteiger partial charge in [0.15, 0.2) is 0 Å². The van der Waals surface area contributed by atoms with E-state index in [1.54, 1.807) is 12.1 Å². The Morgan fingerprint density at radius 3 is 2.89 bits per heavy atom. The maximum Gasteiger partial charge on any atom is 0.308 e. The van der Waals surface area contributed by atoms with Crippen molar-refractivity contribution >= 4 is 40.5 Å². The molecule has 0 aliphatic rings. The maximum absolute atomic E-state index is 12.2. The smallest absolute Gasteiger partial charge is 0.308 e. The molecule has 1 unspecified atom stereocenters. The Morgan fingerprint density at radius 1 is 1.37 bits per heavy atom. The molecule has 0 radical (unpaired) electrons. The van der Waals surface area contributed by atoms with Gasteiger partial charge >= 0.3 is 5.97 Å². The van der Waals surface area contributed by atoms with Crippen LogP contribution in [0.4, 0.5) is 0 Å². The lowest BCUT2D eigenvalue weighted by Crippen LogP contribution is -2.28. The second-order valence-corrected chi connectivity index (χ2v) is 7.21. The molecule has 0 aliphatic heterocycles. The monoisotopic (exact) mass is 405 g/mol. The van der Waals surface area contributed by atoms with Crippen LogP contribution < -0.4 is 10.9 Å². The van der Waals surface area contributed by atoms with E-state index < -0.39 is 12.0 Å². The Hall–Kier alpha value is -2.71. The number of rotatable bonds is 6. The molecule has 1 N–H and O–H groups in total. The summed E-state index contributed by atoms with van der Waals surface area (Å²) in [5.74, 6) is -0.732. The molecule has 27 heavy (non-hydrogen) atoms. The van der Waals surface area contributed by atoms with Crippen molar-refractivity contribution in [2.75, 3.05) is 0 Å². The predicted octanol–water partition coefficient (Wildman–Crippen LogP) is 2.72. The molecule has 0 spiro atoms. The van der Waals surface area contributed by atoms with Crippen LogP contribution in [0.15, 0.2) is 46.7 Å². The number of nitrogens with one attached hydrogen (secondary N) is 1. The fourth-order valence-electron chi connectivity index (χ4n) is 2.54. The van der Waals surface area contributed by atoms with Crippen molar-refractivity contribution < 1.29 is 14.3 Å². The normalized spacial score (nSPS) is 11.9. The highest BCUT2D eigenvalue weighted by Gasteiger charge is 2.19. The lowest BCUT2D eigenvalue weighted by Gasteiger charge is -2.15. The molecule has 7 nitrogen and oxygen atoms in total. The minimum atomic E-state index is -0.500. The number of carbonyl (C=O) groups excluding carboxylic acids is 2. The molecule has 0 fully saturated rings. The van der Waals surface area contributed by atoms with Crippen LogP contribution in [0.5, 0.6) is 0 Å². The summed E-state index contributed by atoms with van der Waals surface area (Å²) in [7, 11) is 0. The van der Waals surface area contributed by atoms with E-state index in [-0.39, 0.29) is 24.5 Å². The van der Waals surface area contributed by atoms with Gasteiger partial charge in [-0.2, -0.15) is 0 Å². The number of amides is 1. The first kappa shape index (κ1) is 19.1. The molecular weight excluding hydrogens is 390 g/mol. The average molecular weight is 406 g/mol. The van der Waals surface area contributed by atoms with Crippen LogP contribution in [0, 0.1) is 0 Å². The summed E-state index contributed by atoms with van der Waals surface area (Å²) in [6, 6.07) is 7.76.